The van der Waals surface area contributed by atoms with Crippen LogP contribution in [0.25, 0.3) is 0 Å². The van der Waals surface area contributed by atoms with Crippen LogP contribution in [0, 0.1) is 11.6 Å². The lowest BCUT2D eigenvalue weighted by atomic mass is 9.83. The van der Waals surface area contributed by atoms with Gasteiger partial charge in [-0.3, -0.25) is 14.6 Å². The molecule has 1 unspecified atom stereocenters. The Hall–Kier alpha value is -2.60. The third kappa shape index (κ3) is 3.54. The maximum Gasteiger partial charge on any atom is 0.188 e. The molecule has 0 bridgehead atoms. The van der Waals surface area contributed by atoms with E-state index in [4.69, 9.17) is 11.6 Å². The molecular weight excluding hydrogens is 430 g/mol. The van der Waals surface area contributed by atoms with Gasteiger partial charge in [0.25, 0.3) is 0 Å². The molecule has 0 amide bonds. The second-order valence-corrected chi connectivity index (χ2v) is 8.90. The number of carbonyl (C=O) groups excluding carboxylic acids is 1. The first kappa shape index (κ1) is 21.3. The van der Waals surface area contributed by atoms with Gasteiger partial charge in [0.1, 0.15) is 17.2 Å². The van der Waals surface area contributed by atoms with Crippen molar-refractivity contribution >= 4 is 17.4 Å². The monoisotopic (exact) mass is 452 g/mol. The number of hydrogen-bond donors (Lipinski definition) is 0. The van der Waals surface area contributed by atoms with E-state index >= 15 is 0 Å². The highest BCUT2D eigenvalue weighted by Gasteiger charge is 2.52. The van der Waals surface area contributed by atoms with Gasteiger partial charge in [0.05, 0.1) is 0 Å². The van der Waals surface area contributed by atoms with Gasteiger partial charge in [-0.2, -0.15) is 0 Å². The summed E-state index contributed by atoms with van der Waals surface area (Å²) in [6.45, 7) is 3.41. The summed E-state index contributed by atoms with van der Waals surface area (Å²) in [5, 5.41) is 0.739. The zero-order valence-corrected chi connectivity index (χ0v) is 18.3. The fraction of sp³-hybridized carbons (Fsp3) is 0.269. The van der Waals surface area contributed by atoms with E-state index in [1.54, 1.807) is 24.3 Å². The van der Waals surface area contributed by atoms with Gasteiger partial charge in [-0.15, -0.1) is 0 Å². The minimum absolute atomic E-state index is 0.155. The molecule has 0 N–H and O–H groups in total. The van der Waals surface area contributed by atoms with Crippen LogP contribution in [0.1, 0.15) is 27.0 Å². The summed E-state index contributed by atoms with van der Waals surface area (Å²) in [7, 11) is 0. The number of hydrogen-bond acceptors (Lipinski definition) is 3. The van der Waals surface area contributed by atoms with Crippen LogP contribution >= 0.6 is 11.6 Å². The van der Waals surface area contributed by atoms with Gasteiger partial charge < -0.3 is 0 Å². The Kier molecular flexibility index (Phi) is 5.58. The molecule has 1 atom stereocenters. The number of halogens is 3. The first-order chi connectivity index (χ1) is 15.5. The van der Waals surface area contributed by atoms with E-state index in [1.165, 1.54) is 18.2 Å². The van der Waals surface area contributed by atoms with Crippen molar-refractivity contribution in [2.45, 2.75) is 18.5 Å². The molecule has 1 heterocycles. The van der Waals surface area contributed by atoms with Crippen LogP contribution in [0.4, 0.5) is 8.78 Å². The quantitative estimate of drug-likeness (QED) is 0.552. The topological polar surface area (TPSA) is 23.6 Å². The molecule has 1 fully saturated rings. The Morgan fingerprint density at radius 3 is 2.38 bits per heavy atom. The van der Waals surface area contributed by atoms with Gasteiger partial charge in [0.15, 0.2) is 5.78 Å². The number of rotatable bonds is 4. The van der Waals surface area contributed by atoms with Gasteiger partial charge in [-0.25, -0.2) is 8.78 Å². The Balaban J connectivity index is 1.45. The lowest BCUT2D eigenvalue weighted by Gasteiger charge is -2.45. The molecule has 0 spiro atoms. The standard InChI is InChI=1S/C26H23ClF2N2O/c27-23-9-2-1-5-18(23)17-30-11-13-31(14-12-30)26(19-6-3-7-20(28)15-19)16-22-21(25(26)32)8-4-10-24(22)29/h1-10,15H,11-14,16-17H2. The molecule has 0 aromatic heterocycles. The molecule has 3 nitrogen and oxygen atoms in total. The van der Waals surface area contributed by atoms with E-state index in [0.717, 1.165) is 30.2 Å². The summed E-state index contributed by atoms with van der Waals surface area (Å²) in [4.78, 5) is 18.1. The Labute approximate surface area is 191 Å². The van der Waals surface area contributed by atoms with Crippen LogP contribution in [0.5, 0.6) is 0 Å². The highest BCUT2D eigenvalue weighted by molar-refractivity contribution is 6.31. The first-order valence-corrected chi connectivity index (χ1v) is 11.2. The zero-order valence-electron chi connectivity index (χ0n) is 17.5. The fourth-order valence-corrected chi connectivity index (χ4v) is 5.28. The SMILES string of the molecule is O=C1c2cccc(F)c2CC1(c1cccc(F)c1)N1CCN(Cc2ccccc2Cl)CC1. The van der Waals surface area contributed by atoms with Gasteiger partial charge in [0.2, 0.25) is 0 Å². The number of nitrogens with zero attached hydrogens (tertiary/aromatic N) is 2. The lowest BCUT2D eigenvalue weighted by Crippen LogP contribution is -2.58. The minimum Gasteiger partial charge on any atom is -0.296 e. The van der Waals surface area contributed by atoms with Crippen LogP contribution in [-0.2, 0) is 18.5 Å². The summed E-state index contributed by atoms with van der Waals surface area (Å²) in [6, 6.07) is 18.6. The predicted octanol–water partition coefficient (Wildman–Crippen LogP) is 5.07. The van der Waals surface area contributed by atoms with Gasteiger partial charge in [-0.05, 0) is 35.4 Å². The zero-order chi connectivity index (χ0) is 22.3. The molecule has 6 heteroatoms. The van der Waals surface area contributed by atoms with Crippen molar-refractivity contribution in [3.05, 3.63) is 106 Å². The summed E-state index contributed by atoms with van der Waals surface area (Å²) in [5.74, 6) is -0.938. The Morgan fingerprint density at radius 1 is 0.906 bits per heavy atom. The third-order valence-corrected chi connectivity index (χ3v) is 7.11. The maximum atomic E-state index is 14.6. The first-order valence-electron chi connectivity index (χ1n) is 10.8. The van der Waals surface area contributed by atoms with Gasteiger partial charge in [0, 0.05) is 55.3 Å². The number of ketones is 1. The van der Waals surface area contributed by atoms with Crippen molar-refractivity contribution in [2.75, 3.05) is 26.2 Å². The Morgan fingerprint density at radius 2 is 1.66 bits per heavy atom. The Bertz CT molecular complexity index is 1180. The molecule has 0 radical (unpaired) electrons. The number of benzene rings is 3. The molecule has 3 aromatic rings. The summed E-state index contributed by atoms with van der Waals surface area (Å²) in [5.41, 5.74) is 1.36. The fourth-order valence-electron chi connectivity index (χ4n) is 5.08. The molecule has 1 saturated heterocycles. The molecule has 0 saturated carbocycles. The average molecular weight is 453 g/mol. The van der Waals surface area contributed by atoms with E-state index in [0.29, 0.717) is 29.8 Å². The largest absolute Gasteiger partial charge is 0.296 e. The van der Waals surface area contributed by atoms with Crippen LogP contribution < -0.4 is 0 Å². The van der Waals surface area contributed by atoms with Crippen LogP contribution in [-0.4, -0.2) is 41.8 Å². The number of Topliss-reactive ketones (excluding diaryl/α,β-unsaturated/α-hetero) is 1. The number of carbonyl (C=O) groups is 1. The van der Waals surface area contributed by atoms with Crippen molar-refractivity contribution in [3.8, 4) is 0 Å². The minimum atomic E-state index is -1.09. The molecule has 3 aromatic carbocycles. The second-order valence-electron chi connectivity index (χ2n) is 8.50. The van der Waals surface area contributed by atoms with Crippen molar-refractivity contribution in [1.29, 1.82) is 0 Å². The normalized spacial score (nSPS) is 21.7. The van der Waals surface area contributed by atoms with Crippen molar-refractivity contribution in [3.63, 3.8) is 0 Å². The molecule has 1 aliphatic heterocycles. The highest BCUT2D eigenvalue weighted by atomic mass is 35.5. The van der Waals surface area contributed by atoms with Crippen LogP contribution in [0.2, 0.25) is 5.02 Å². The summed E-state index contributed by atoms with van der Waals surface area (Å²) in [6.07, 6.45) is 0.210. The van der Waals surface area contributed by atoms with E-state index in [1.807, 2.05) is 24.3 Å². The molecule has 164 valence electrons. The smallest absolute Gasteiger partial charge is 0.188 e. The highest BCUT2D eigenvalue weighted by Crippen LogP contribution is 2.44. The molecule has 32 heavy (non-hydrogen) atoms. The molecule has 2 aliphatic rings. The van der Waals surface area contributed by atoms with Gasteiger partial charge >= 0.3 is 0 Å². The van der Waals surface area contributed by atoms with Gasteiger partial charge in [-0.1, -0.05) is 54.1 Å². The molecular formula is C26H23ClF2N2O. The maximum absolute atomic E-state index is 14.6. The second kappa shape index (κ2) is 8.39. The number of piperazine rings is 1. The summed E-state index contributed by atoms with van der Waals surface area (Å²) < 4.78 is 28.9. The number of fused-ring (bicyclic) bond motifs is 1. The summed E-state index contributed by atoms with van der Waals surface area (Å²) >= 11 is 6.33. The van der Waals surface area contributed by atoms with E-state index < -0.39 is 11.4 Å². The average Bonchev–Trinajstić information content (AvgIpc) is 3.11. The van der Waals surface area contributed by atoms with Crippen molar-refractivity contribution in [1.82, 2.24) is 9.80 Å². The molecule has 5 rings (SSSR count). The van der Waals surface area contributed by atoms with E-state index in [-0.39, 0.29) is 18.0 Å². The van der Waals surface area contributed by atoms with Crippen LogP contribution in [0.3, 0.4) is 0 Å². The van der Waals surface area contributed by atoms with E-state index in [2.05, 4.69) is 9.80 Å². The van der Waals surface area contributed by atoms with Crippen molar-refractivity contribution in [2.24, 2.45) is 0 Å². The lowest BCUT2D eigenvalue weighted by molar-refractivity contribution is 0.0286. The predicted molar refractivity (Wildman–Crippen MR) is 121 cm³/mol. The van der Waals surface area contributed by atoms with Crippen LogP contribution in [0.15, 0.2) is 66.7 Å². The molecule has 1 aliphatic carbocycles. The van der Waals surface area contributed by atoms with E-state index in [9.17, 15) is 13.6 Å². The third-order valence-electron chi connectivity index (χ3n) is 6.74. The van der Waals surface area contributed by atoms with Crippen molar-refractivity contribution < 1.29 is 13.6 Å².